The molecule has 0 aliphatic heterocycles. The van der Waals surface area contributed by atoms with E-state index in [1.54, 1.807) is 24.5 Å². The minimum Gasteiger partial charge on any atom is -0.324 e. The maximum absolute atomic E-state index is 6.13. The van der Waals surface area contributed by atoms with Crippen molar-refractivity contribution in [3.63, 3.8) is 0 Å². The summed E-state index contributed by atoms with van der Waals surface area (Å²) in [5.41, 5.74) is 7.89. The van der Waals surface area contributed by atoms with Gasteiger partial charge in [0, 0.05) is 28.5 Å². The summed E-state index contributed by atoms with van der Waals surface area (Å²) < 4.78 is 0. The van der Waals surface area contributed by atoms with E-state index in [2.05, 4.69) is 4.98 Å². The van der Waals surface area contributed by atoms with Gasteiger partial charge in [0.15, 0.2) is 0 Å². The number of pyridine rings is 1. The predicted octanol–water partition coefficient (Wildman–Crippen LogP) is 4.28. The molecule has 1 heterocycles. The number of halogens is 3. The summed E-state index contributed by atoms with van der Waals surface area (Å²) in [6.07, 6.45) is 3.82. The molecule has 18 heavy (non-hydrogen) atoms. The molecule has 0 aliphatic rings. The molecule has 0 spiro atoms. The van der Waals surface area contributed by atoms with Crippen LogP contribution in [0, 0.1) is 0 Å². The van der Waals surface area contributed by atoms with Crippen LogP contribution >= 0.6 is 34.8 Å². The van der Waals surface area contributed by atoms with Crippen LogP contribution in [0.3, 0.4) is 0 Å². The largest absolute Gasteiger partial charge is 0.324 e. The van der Waals surface area contributed by atoms with Crippen LogP contribution < -0.4 is 5.73 Å². The quantitative estimate of drug-likeness (QED) is 0.918. The molecule has 0 fully saturated rings. The number of nitrogens with zero attached hydrogens (tertiary/aromatic N) is 1. The molecule has 0 saturated carbocycles. The van der Waals surface area contributed by atoms with Crippen LogP contribution in [-0.2, 0) is 6.42 Å². The van der Waals surface area contributed by atoms with Gasteiger partial charge in [-0.1, -0.05) is 34.8 Å². The fourth-order valence-electron chi connectivity index (χ4n) is 1.73. The van der Waals surface area contributed by atoms with Gasteiger partial charge in [0.2, 0.25) is 0 Å². The Bertz CT molecular complexity index is 558. The predicted molar refractivity (Wildman–Crippen MR) is 76.3 cm³/mol. The highest BCUT2D eigenvalue weighted by Gasteiger charge is 2.13. The number of nitrogens with two attached hydrogens (primary N) is 1. The second-order valence-corrected chi connectivity index (χ2v) is 5.19. The number of hydrogen-bond donors (Lipinski definition) is 1. The Morgan fingerprint density at radius 2 is 1.89 bits per heavy atom. The van der Waals surface area contributed by atoms with Crippen molar-refractivity contribution in [2.45, 2.75) is 12.5 Å². The van der Waals surface area contributed by atoms with Crippen molar-refractivity contribution in [2.24, 2.45) is 5.73 Å². The molecule has 2 rings (SSSR count). The molecule has 0 radical (unpaired) electrons. The SMILES string of the molecule is NC(Cc1cc(Cl)ccc1Cl)c1ccncc1Cl. The Morgan fingerprint density at radius 1 is 1.11 bits per heavy atom. The molecule has 2 aromatic rings. The van der Waals surface area contributed by atoms with Crippen LogP contribution in [0.4, 0.5) is 0 Å². The van der Waals surface area contributed by atoms with E-state index >= 15 is 0 Å². The standard InChI is InChI=1S/C13H11Cl3N2/c14-9-1-2-11(15)8(5-9)6-13(17)10-3-4-18-7-12(10)16/h1-5,7,13H,6,17H2. The number of benzene rings is 1. The highest BCUT2D eigenvalue weighted by molar-refractivity contribution is 6.33. The maximum Gasteiger partial charge on any atom is 0.0637 e. The number of hydrogen-bond acceptors (Lipinski definition) is 2. The summed E-state index contributed by atoms with van der Waals surface area (Å²) in [4.78, 5) is 3.93. The average molecular weight is 302 g/mol. The Labute approximate surface area is 121 Å². The van der Waals surface area contributed by atoms with Gasteiger partial charge in [0.25, 0.3) is 0 Å². The molecule has 5 heteroatoms. The van der Waals surface area contributed by atoms with Crippen molar-refractivity contribution >= 4 is 34.8 Å². The fourth-order valence-corrected chi connectivity index (χ4v) is 2.38. The van der Waals surface area contributed by atoms with E-state index in [1.165, 1.54) is 0 Å². The van der Waals surface area contributed by atoms with Crippen molar-refractivity contribution < 1.29 is 0 Å². The van der Waals surface area contributed by atoms with Crippen LogP contribution in [0.1, 0.15) is 17.2 Å². The van der Waals surface area contributed by atoms with Crippen LogP contribution in [0.5, 0.6) is 0 Å². The van der Waals surface area contributed by atoms with Crippen LogP contribution in [0.25, 0.3) is 0 Å². The Kier molecular flexibility index (Phi) is 4.46. The molecule has 2 N–H and O–H groups in total. The minimum absolute atomic E-state index is 0.239. The summed E-state index contributed by atoms with van der Waals surface area (Å²) in [5, 5.41) is 1.85. The minimum atomic E-state index is -0.239. The number of aromatic nitrogens is 1. The molecular formula is C13H11Cl3N2. The summed E-state index contributed by atoms with van der Waals surface area (Å²) in [5.74, 6) is 0. The van der Waals surface area contributed by atoms with Gasteiger partial charge < -0.3 is 5.73 Å². The van der Waals surface area contributed by atoms with Gasteiger partial charge in [-0.2, -0.15) is 0 Å². The van der Waals surface area contributed by atoms with Crippen molar-refractivity contribution in [3.8, 4) is 0 Å². The van der Waals surface area contributed by atoms with E-state index in [9.17, 15) is 0 Å². The molecule has 0 saturated heterocycles. The van der Waals surface area contributed by atoms with E-state index in [-0.39, 0.29) is 6.04 Å². The van der Waals surface area contributed by atoms with Crippen molar-refractivity contribution in [3.05, 3.63) is 62.9 Å². The van der Waals surface area contributed by atoms with E-state index in [0.29, 0.717) is 21.5 Å². The van der Waals surface area contributed by atoms with E-state index < -0.39 is 0 Å². The first kappa shape index (κ1) is 13.6. The van der Waals surface area contributed by atoms with Gasteiger partial charge in [-0.15, -0.1) is 0 Å². The van der Waals surface area contributed by atoms with Gasteiger partial charge in [0.05, 0.1) is 5.02 Å². The summed E-state index contributed by atoms with van der Waals surface area (Å²) in [7, 11) is 0. The molecule has 1 aromatic carbocycles. The zero-order chi connectivity index (χ0) is 13.1. The maximum atomic E-state index is 6.13. The lowest BCUT2D eigenvalue weighted by Gasteiger charge is -2.14. The van der Waals surface area contributed by atoms with Gasteiger partial charge in [-0.3, -0.25) is 4.98 Å². The van der Waals surface area contributed by atoms with Crippen molar-refractivity contribution in [2.75, 3.05) is 0 Å². The Hall–Kier alpha value is -0.800. The molecule has 1 unspecified atom stereocenters. The van der Waals surface area contributed by atoms with Gasteiger partial charge >= 0.3 is 0 Å². The first-order valence-corrected chi connectivity index (χ1v) is 6.50. The van der Waals surface area contributed by atoms with Gasteiger partial charge in [-0.05, 0) is 41.8 Å². The molecule has 1 aromatic heterocycles. The zero-order valence-corrected chi connectivity index (χ0v) is 11.7. The highest BCUT2D eigenvalue weighted by Crippen LogP contribution is 2.27. The first-order valence-electron chi connectivity index (χ1n) is 5.37. The molecular weight excluding hydrogens is 291 g/mol. The second kappa shape index (κ2) is 5.89. The Balaban J connectivity index is 2.24. The second-order valence-electron chi connectivity index (χ2n) is 3.94. The molecule has 0 aliphatic carbocycles. The average Bonchev–Trinajstić information content (AvgIpc) is 2.34. The van der Waals surface area contributed by atoms with Crippen molar-refractivity contribution in [1.29, 1.82) is 0 Å². The van der Waals surface area contributed by atoms with E-state index in [4.69, 9.17) is 40.5 Å². The van der Waals surface area contributed by atoms with Crippen LogP contribution in [-0.4, -0.2) is 4.98 Å². The first-order chi connectivity index (χ1) is 8.58. The third-order valence-electron chi connectivity index (χ3n) is 2.65. The molecule has 0 bridgehead atoms. The monoisotopic (exact) mass is 300 g/mol. The summed E-state index contributed by atoms with van der Waals surface area (Å²) >= 11 is 18.1. The summed E-state index contributed by atoms with van der Waals surface area (Å²) in [6.45, 7) is 0. The molecule has 2 nitrogen and oxygen atoms in total. The van der Waals surface area contributed by atoms with Gasteiger partial charge in [0.1, 0.15) is 0 Å². The fraction of sp³-hybridized carbons (Fsp3) is 0.154. The highest BCUT2D eigenvalue weighted by atomic mass is 35.5. The molecule has 94 valence electrons. The normalized spacial score (nSPS) is 12.4. The van der Waals surface area contributed by atoms with E-state index in [0.717, 1.165) is 11.1 Å². The van der Waals surface area contributed by atoms with Crippen molar-refractivity contribution in [1.82, 2.24) is 4.98 Å². The third-order valence-corrected chi connectivity index (χ3v) is 3.57. The lowest BCUT2D eigenvalue weighted by Crippen LogP contribution is -2.14. The zero-order valence-electron chi connectivity index (χ0n) is 9.41. The lowest BCUT2D eigenvalue weighted by atomic mass is 10.0. The topological polar surface area (TPSA) is 38.9 Å². The molecule has 0 amide bonds. The number of rotatable bonds is 3. The van der Waals surface area contributed by atoms with Crippen LogP contribution in [0.2, 0.25) is 15.1 Å². The van der Waals surface area contributed by atoms with E-state index in [1.807, 2.05) is 12.1 Å². The Morgan fingerprint density at radius 3 is 2.61 bits per heavy atom. The van der Waals surface area contributed by atoms with Gasteiger partial charge in [-0.25, -0.2) is 0 Å². The van der Waals surface area contributed by atoms with Crippen LogP contribution in [0.15, 0.2) is 36.7 Å². The smallest absolute Gasteiger partial charge is 0.0637 e. The lowest BCUT2D eigenvalue weighted by molar-refractivity contribution is 0.721. The summed E-state index contributed by atoms with van der Waals surface area (Å²) in [6, 6.07) is 6.90. The third kappa shape index (κ3) is 3.15. The molecule has 1 atom stereocenters.